The number of carbonyl (C=O) groups excluding carboxylic acids is 1. The van der Waals surface area contributed by atoms with Crippen LogP contribution in [0.15, 0.2) is 18.2 Å². The maximum atomic E-state index is 10.3. The number of methoxy groups -OCH3 is 1. The molecule has 1 aromatic rings. The van der Waals surface area contributed by atoms with Crippen LogP contribution in [0.5, 0.6) is 5.75 Å². The van der Waals surface area contributed by atoms with Crippen LogP contribution in [-0.4, -0.2) is 13.4 Å². The zero-order valence-electron chi connectivity index (χ0n) is 15.1. The molecule has 0 aliphatic rings. The molecule has 5 heteroatoms. The normalized spacial score (nSPS) is 10.7. The van der Waals surface area contributed by atoms with Crippen LogP contribution in [0.2, 0.25) is 0 Å². The van der Waals surface area contributed by atoms with Gasteiger partial charge >= 0.3 is 42.1 Å². The van der Waals surface area contributed by atoms with E-state index in [0.717, 1.165) is 17.4 Å². The van der Waals surface area contributed by atoms with Gasteiger partial charge in [0.1, 0.15) is 0 Å². The molecule has 130 valence electrons. The van der Waals surface area contributed by atoms with Crippen LogP contribution in [0.4, 0.5) is 0 Å². The van der Waals surface area contributed by atoms with Crippen molar-refractivity contribution in [2.75, 3.05) is 7.11 Å². The van der Waals surface area contributed by atoms with Gasteiger partial charge in [0.15, 0.2) is 0 Å². The van der Waals surface area contributed by atoms with E-state index < -0.39 is 0 Å². The maximum absolute atomic E-state index is 10.3. The summed E-state index contributed by atoms with van der Waals surface area (Å²) in [6.07, 6.45) is 6.28. The zero-order valence-corrected chi connectivity index (χ0v) is 23.9. The van der Waals surface area contributed by atoms with Gasteiger partial charge in [-0.25, -0.2) is 0 Å². The monoisotopic (exact) mass is 828 g/mol. The second-order valence-electron chi connectivity index (χ2n) is 4.69. The van der Waals surface area contributed by atoms with Gasteiger partial charge in [-0.05, 0) is 6.92 Å². The average molecular weight is 828 g/mol. The predicted octanol–water partition coefficient (Wildman–Crippen LogP) is 4.61. The van der Waals surface area contributed by atoms with Crippen LogP contribution in [0.25, 0.3) is 0 Å². The molecule has 2 nitrogen and oxygen atoms in total. The molecule has 0 aliphatic heterocycles. The summed E-state index contributed by atoms with van der Waals surface area (Å²) in [5, 5.41) is 0. The van der Waals surface area contributed by atoms with Crippen molar-refractivity contribution in [1.29, 1.82) is 0 Å². The van der Waals surface area contributed by atoms with Crippen molar-refractivity contribution in [2.45, 2.75) is 34.6 Å². The summed E-state index contributed by atoms with van der Waals surface area (Å²) in [5.74, 6) is 2.06. The molecular formula is C18H28O2W3. The first-order chi connectivity index (χ1) is 8.99. The van der Waals surface area contributed by atoms with E-state index in [4.69, 9.17) is 4.74 Å². The minimum absolute atomic E-state index is 0. The number of benzene rings is 1. The summed E-state index contributed by atoms with van der Waals surface area (Å²) >= 11 is 0. The Labute approximate surface area is 186 Å². The van der Waals surface area contributed by atoms with E-state index in [0.29, 0.717) is 11.3 Å². The van der Waals surface area contributed by atoms with E-state index in [9.17, 15) is 4.79 Å². The van der Waals surface area contributed by atoms with Gasteiger partial charge in [-0.3, -0.25) is 0 Å². The standard InChI is InChI=1S/C9H9O2.C8H16.CH3.3W/c1-7-3-4-8(6-10)9(5-7)11-2;1-5-7(3)8(4)6-2;;;;/h3-5H,1-2H3;5-8H,1-4H3;1H3;;;/q-1;-2;-1;;2*+2. The molecule has 0 spiro atoms. The number of ether oxygens (including phenoxy) is 1. The zero-order chi connectivity index (χ0) is 14.8. The quantitative estimate of drug-likeness (QED) is 0.406. The van der Waals surface area contributed by atoms with E-state index in [1.54, 1.807) is 18.4 Å². The second-order valence-corrected chi connectivity index (χ2v) is 4.69. The van der Waals surface area contributed by atoms with Gasteiger partial charge in [0.05, 0.1) is 13.4 Å². The topological polar surface area (TPSA) is 26.3 Å². The Morgan fingerprint density at radius 3 is 1.83 bits per heavy atom. The molecule has 0 amide bonds. The Hall–Kier alpha value is 0.755. The Morgan fingerprint density at radius 2 is 1.52 bits per heavy atom. The minimum Gasteiger partial charge on any atom is -0.553 e. The Balaban J connectivity index is -0.0000000830. The Kier molecular flexibility index (Phi) is 31.6. The molecule has 0 aliphatic carbocycles. The van der Waals surface area contributed by atoms with Crippen LogP contribution in [0.1, 0.15) is 38.8 Å². The van der Waals surface area contributed by atoms with Crippen LogP contribution in [-0.2, 0) is 68.0 Å². The van der Waals surface area contributed by atoms with Gasteiger partial charge in [-0.1, -0.05) is 25.5 Å². The van der Waals surface area contributed by atoms with Crippen molar-refractivity contribution >= 4 is 6.29 Å². The van der Waals surface area contributed by atoms with Gasteiger partial charge < -0.3 is 29.8 Å². The second kappa shape index (κ2) is 20.8. The van der Waals surface area contributed by atoms with E-state index in [1.165, 1.54) is 7.11 Å². The van der Waals surface area contributed by atoms with Crippen molar-refractivity contribution in [3.8, 4) is 5.75 Å². The molecule has 0 N–H and O–H groups in total. The van der Waals surface area contributed by atoms with E-state index in [-0.39, 0.29) is 70.6 Å². The maximum Gasteiger partial charge on any atom is 2.00 e. The molecule has 2 unspecified atom stereocenters. The number of rotatable bonds is 5. The van der Waals surface area contributed by atoms with Gasteiger partial charge in [-0.15, -0.1) is 11.6 Å². The minimum atomic E-state index is 0. The third kappa shape index (κ3) is 14.8. The fourth-order valence-corrected chi connectivity index (χ4v) is 1.49. The molecule has 0 radical (unpaired) electrons. The van der Waals surface area contributed by atoms with E-state index >= 15 is 0 Å². The Bertz CT molecular complexity index is 377. The van der Waals surface area contributed by atoms with Gasteiger partial charge in [0.2, 0.25) is 0 Å². The van der Waals surface area contributed by atoms with Crippen LogP contribution < -0.4 is 4.74 Å². The molecule has 0 aromatic heterocycles. The molecular weight excluding hydrogens is 800 g/mol. The van der Waals surface area contributed by atoms with Crippen molar-refractivity contribution in [1.82, 2.24) is 0 Å². The summed E-state index contributed by atoms with van der Waals surface area (Å²) in [4.78, 5) is 10.3. The van der Waals surface area contributed by atoms with Gasteiger partial charge in [0.25, 0.3) is 0 Å². The summed E-state index contributed by atoms with van der Waals surface area (Å²) in [5.41, 5.74) is 1.54. The SMILES string of the molecule is COc1cc(C)ccc1[C-]=O.C[CH-]C(C)C(C)[CH-]C.[CH3-].[W+2].[W+2].[W]. The molecule has 0 saturated heterocycles. The molecule has 0 bridgehead atoms. The van der Waals surface area contributed by atoms with Gasteiger partial charge in [-0.2, -0.15) is 31.7 Å². The molecule has 1 aromatic carbocycles. The molecule has 0 heterocycles. The predicted molar refractivity (Wildman–Crippen MR) is 87.2 cm³/mol. The Morgan fingerprint density at radius 1 is 1.09 bits per heavy atom. The van der Waals surface area contributed by atoms with Crippen LogP contribution in [0, 0.1) is 39.0 Å². The molecule has 2 atom stereocenters. The molecule has 23 heavy (non-hydrogen) atoms. The van der Waals surface area contributed by atoms with E-state index in [2.05, 4.69) is 40.5 Å². The van der Waals surface area contributed by atoms with Crippen molar-refractivity contribution in [3.05, 3.63) is 49.6 Å². The van der Waals surface area contributed by atoms with Gasteiger partial charge in [0, 0.05) is 26.8 Å². The van der Waals surface area contributed by atoms with Crippen LogP contribution in [0.3, 0.4) is 0 Å². The number of aryl methyl sites for hydroxylation is 1. The fourth-order valence-electron chi connectivity index (χ4n) is 1.49. The van der Waals surface area contributed by atoms with Crippen molar-refractivity contribution in [2.24, 2.45) is 11.8 Å². The first-order valence-corrected chi connectivity index (χ1v) is 6.61. The summed E-state index contributed by atoms with van der Waals surface area (Å²) < 4.78 is 4.95. The fraction of sp³-hybridized carbons (Fsp3) is 0.444. The molecule has 1 rings (SSSR count). The number of hydrogen-bond donors (Lipinski definition) is 0. The summed E-state index contributed by atoms with van der Waals surface area (Å²) in [6.45, 7) is 10.7. The van der Waals surface area contributed by atoms with Crippen LogP contribution >= 0.6 is 0 Å². The first kappa shape index (κ1) is 35.0. The molecule has 0 fully saturated rings. The largest absolute Gasteiger partial charge is 2.00 e. The summed E-state index contributed by atoms with van der Waals surface area (Å²) in [7, 11) is 1.54. The summed E-state index contributed by atoms with van der Waals surface area (Å²) in [6, 6.07) is 5.35. The third-order valence-electron chi connectivity index (χ3n) is 3.35. The number of hydrogen-bond acceptors (Lipinski definition) is 2. The van der Waals surface area contributed by atoms with Crippen molar-refractivity contribution in [3.63, 3.8) is 0 Å². The molecule has 0 saturated carbocycles. The third-order valence-corrected chi connectivity index (χ3v) is 3.35. The van der Waals surface area contributed by atoms with Crippen molar-refractivity contribution < 1.29 is 72.7 Å². The first-order valence-electron chi connectivity index (χ1n) is 6.61. The van der Waals surface area contributed by atoms with E-state index in [1.807, 2.05) is 13.0 Å². The smallest absolute Gasteiger partial charge is 0.553 e. The average Bonchev–Trinajstić information content (AvgIpc) is 2.45.